The molecular weight excluding hydrogens is 853 g/mol. The molecule has 8 aromatic rings. The van der Waals surface area contributed by atoms with Crippen LogP contribution in [-0.2, 0) is 25.7 Å². The molecule has 0 unspecified atom stereocenters. The highest BCUT2D eigenvalue weighted by atomic mass is 32.1. The van der Waals surface area contributed by atoms with Crippen LogP contribution in [0.15, 0.2) is 84.9 Å². The molecule has 67 heavy (non-hydrogen) atoms. The number of thiocarbonyl (C=S) groups is 1. The van der Waals surface area contributed by atoms with E-state index in [4.69, 9.17) is 27.5 Å². The van der Waals surface area contributed by atoms with Crippen LogP contribution in [0.4, 0.5) is 0 Å². The third-order valence-corrected chi connectivity index (χ3v) is 14.5. The molecular formula is C52H64N14S. The number of hydrogen-bond donors (Lipinski definition) is 0. The topological polar surface area (TPSA) is 128 Å². The number of rotatable bonds is 13. The van der Waals surface area contributed by atoms with Gasteiger partial charge in [0.15, 0.2) is 34.6 Å². The van der Waals surface area contributed by atoms with E-state index in [-0.39, 0.29) is 0 Å². The van der Waals surface area contributed by atoms with E-state index in [0.29, 0.717) is 0 Å². The van der Waals surface area contributed by atoms with E-state index in [1.165, 1.54) is 79.6 Å². The second kappa shape index (κ2) is 20.8. The van der Waals surface area contributed by atoms with E-state index in [1.54, 1.807) is 9.03 Å². The molecule has 348 valence electrons. The van der Waals surface area contributed by atoms with Crippen molar-refractivity contribution in [2.24, 2.45) is 11.8 Å². The summed E-state index contributed by atoms with van der Waals surface area (Å²) in [5, 5.41) is 35.4. The van der Waals surface area contributed by atoms with Crippen molar-refractivity contribution in [2.45, 2.75) is 106 Å². The third kappa shape index (κ3) is 10.7. The lowest BCUT2D eigenvalue weighted by Gasteiger charge is -2.34. The fraction of sp³-hybridized carbons (Fsp3) is 0.442. The Morgan fingerprint density at radius 3 is 1.49 bits per heavy atom. The van der Waals surface area contributed by atoms with Crippen molar-refractivity contribution in [1.29, 1.82) is 0 Å². The van der Waals surface area contributed by atoms with Gasteiger partial charge in [-0.2, -0.15) is 19.2 Å². The average molecular weight is 917 g/mol. The first-order chi connectivity index (χ1) is 32.6. The van der Waals surface area contributed by atoms with Crippen LogP contribution >= 0.6 is 12.2 Å². The smallest absolute Gasteiger partial charge is 0.178 e. The molecule has 15 heteroatoms. The zero-order valence-corrected chi connectivity index (χ0v) is 40.8. The van der Waals surface area contributed by atoms with Crippen molar-refractivity contribution in [1.82, 2.24) is 69.0 Å². The molecule has 2 aliphatic heterocycles. The predicted molar refractivity (Wildman–Crippen MR) is 267 cm³/mol. The van der Waals surface area contributed by atoms with Crippen LogP contribution in [0.5, 0.6) is 0 Å². The van der Waals surface area contributed by atoms with Gasteiger partial charge in [0.25, 0.3) is 0 Å². The van der Waals surface area contributed by atoms with E-state index in [9.17, 15) is 0 Å². The lowest BCUT2D eigenvalue weighted by atomic mass is 9.90. The maximum absolute atomic E-state index is 5.85. The molecule has 0 bridgehead atoms. The average Bonchev–Trinajstić information content (AvgIpc) is 4.08. The lowest BCUT2D eigenvalue weighted by molar-refractivity contribution is 0.182. The summed E-state index contributed by atoms with van der Waals surface area (Å²) >= 11 is 5.85. The minimum atomic E-state index is 0.737. The number of nitrogens with zero attached hydrogens (tertiary/aromatic N) is 14. The Morgan fingerprint density at radius 2 is 1.00 bits per heavy atom. The summed E-state index contributed by atoms with van der Waals surface area (Å²) in [6.45, 7) is 18.0. The standard InChI is InChI=1S/C26H31N7S.C26H33N7/c1-18-23(19(2)32(29-18)25-11-10-24-28-27-20(3)33(24)30-25)9-12-26(34)31-15-13-22(14-16-31)17-21-7-5-4-6-8-21;1-19-24(20(2)32(29-19)26-12-11-25-28-27-21(3)33(25)30-26)10-7-15-31-16-13-23(14-17-31)18-22-8-5-4-6-9-22/h4-8,10-11,22H,9,12-17H2,1-3H3;4-6,8-9,11-12,23H,7,10,13-18H2,1-3H3. The maximum Gasteiger partial charge on any atom is 0.178 e. The van der Waals surface area contributed by atoms with Crippen LogP contribution in [0.2, 0.25) is 0 Å². The SMILES string of the molecule is Cc1nn(-c2ccc3nnc(C)n3n2)c(C)c1CCC(=S)N1CCC(Cc2ccccc2)CC1.Cc1nn(-c2ccc3nnc(C)n3n2)c(C)c1CCCN1CCC(Cc2ccccc2)CC1. The van der Waals surface area contributed by atoms with Gasteiger partial charge in [-0.05, 0) is 177 Å². The number of benzene rings is 2. The normalized spacial score (nSPS) is 15.1. The van der Waals surface area contributed by atoms with Gasteiger partial charge < -0.3 is 9.80 Å². The van der Waals surface area contributed by atoms with Crippen molar-refractivity contribution in [3.63, 3.8) is 0 Å². The summed E-state index contributed by atoms with van der Waals surface area (Å²) in [6.07, 6.45) is 11.4. The molecule has 8 heterocycles. The molecule has 0 atom stereocenters. The van der Waals surface area contributed by atoms with E-state index >= 15 is 0 Å². The van der Waals surface area contributed by atoms with Gasteiger partial charge in [0.2, 0.25) is 0 Å². The van der Waals surface area contributed by atoms with Crippen molar-refractivity contribution < 1.29 is 0 Å². The van der Waals surface area contributed by atoms with Crippen LogP contribution in [0.3, 0.4) is 0 Å². The molecule has 14 nitrogen and oxygen atoms in total. The minimum absolute atomic E-state index is 0.737. The first-order valence-corrected chi connectivity index (χ1v) is 24.6. The number of fused-ring (bicyclic) bond motifs is 2. The van der Waals surface area contributed by atoms with E-state index in [0.717, 1.165) is 114 Å². The molecule has 2 aromatic carbocycles. The maximum atomic E-state index is 5.85. The molecule has 6 aromatic heterocycles. The second-order valence-electron chi connectivity index (χ2n) is 18.6. The van der Waals surface area contributed by atoms with Crippen LogP contribution in [0.1, 0.15) is 95.2 Å². The monoisotopic (exact) mass is 917 g/mol. The molecule has 2 saturated heterocycles. The van der Waals surface area contributed by atoms with Gasteiger partial charge in [0, 0.05) is 30.9 Å². The zero-order valence-electron chi connectivity index (χ0n) is 40.0. The van der Waals surface area contributed by atoms with E-state index < -0.39 is 0 Å². The van der Waals surface area contributed by atoms with E-state index in [2.05, 4.69) is 124 Å². The lowest BCUT2D eigenvalue weighted by Crippen LogP contribution is -2.38. The Kier molecular flexibility index (Phi) is 14.2. The van der Waals surface area contributed by atoms with Crippen molar-refractivity contribution in [3.8, 4) is 11.6 Å². The van der Waals surface area contributed by atoms with Gasteiger partial charge in [-0.15, -0.1) is 30.6 Å². The highest BCUT2D eigenvalue weighted by Crippen LogP contribution is 2.26. The van der Waals surface area contributed by atoms with Crippen LogP contribution in [0, 0.1) is 53.4 Å². The van der Waals surface area contributed by atoms with Crippen molar-refractivity contribution >= 4 is 28.5 Å². The Balaban J connectivity index is 0.000000168. The summed E-state index contributed by atoms with van der Waals surface area (Å²) in [7, 11) is 0. The Labute approximate surface area is 399 Å². The number of aryl methyl sites for hydroxylation is 4. The molecule has 0 saturated carbocycles. The molecule has 2 fully saturated rings. The highest BCUT2D eigenvalue weighted by molar-refractivity contribution is 7.80. The van der Waals surface area contributed by atoms with Crippen LogP contribution in [-0.4, -0.2) is 107 Å². The van der Waals surface area contributed by atoms with Crippen LogP contribution < -0.4 is 0 Å². The molecule has 0 aliphatic carbocycles. The first-order valence-electron chi connectivity index (χ1n) is 24.1. The quantitative estimate of drug-likeness (QED) is 0.103. The summed E-state index contributed by atoms with van der Waals surface area (Å²) in [6, 6.07) is 29.5. The fourth-order valence-electron chi connectivity index (χ4n) is 10.1. The first kappa shape index (κ1) is 45.9. The van der Waals surface area contributed by atoms with Gasteiger partial charge in [0.05, 0.1) is 16.4 Å². The second-order valence-corrected chi connectivity index (χ2v) is 19.1. The predicted octanol–water partition coefficient (Wildman–Crippen LogP) is 8.57. The third-order valence-electron chi connectivity index (χ3n) is 14.0. The molecule has 2 aliphatic rings. The molecule has 0 N–H and O–H groups in total. The molecule has 0 radical (unpaired) electrons. The largest absolute Gasteiger partial charge is 0.366 e. The molecule has 10 rings (SSSR count). The number of likely N-dealkylation sites (tertiary alicyclic amines) is 2. The molecule has 0 amide bonds. The zero-order chi connectivity index (χ0) is 46.4. The minimum Gasteiger partial charge on any atom is -0.366 e. The van der Waals surface area contributed by atoms with Crippen molar-refractivity contribution in [2.75, 3.05) is 32.7 Å². The molecule has 0 spiro atoms. The van der Waals surface area contributed by atoms with Crippen LogP contribution in [0.25, 0.3) is 22.9 Å². The highest BCUT2D eigenvalue weighted by Gasteiger charge is 2.23. The van der Waals surface area contributed by atoms with Gasteiger partial charge >= 0.3 is 0 Å². The summed E-state index contributed by atoms with van der Waals surface area (Å²) in [5.41, 5.74) is 11.4. The van der Waals surface area contributed by atoms with Gasteiger partial charge in [-0.3, -0.25) is 0 Å². The van der Waals surface area contributed by atoms with Gasteiger partial charge in [-0.25, -0.2) is 9.36 Å². The van der Waals surface area contributed by atoms with Crippen molar-refractivity contribution in [3.05, 3.63) is 142 Å². The Bertz CT molecular complexity index is 2910. The summed E-state index contributed by atoms with van der Waals surface area (Å²) in [4.78, 5) is 6.13. The number of aromatic nitrogens is 12. The number of piperidine rings is 2. The summed E-state index contributed by atoms with van der Waals surface area (Å²) in [5.74, 6) is 4.69. The van der Waals surface area contributed by atoms with Gasteiger partial charge in [0.1, 0.15) is 0 Å². The Morgan fingerprint density at radius 1 is 0.537 bits per heavy atom. The fourth-order valence-corrected chi connectivity index (χ4v) is 10.4. The Hall–Kier alpha value is -6.19. The van der Waals surface area contributed by atoms with Gasteiger partial charge in [-0.1, -0.05) is 72.9 Å². The van der Waals surface area contributed by atoms with E-state index in [1.807, 2.05) is 47.5 Å². The summed E-state index contributed by atoms with van der Waals surface area (Å²) < 4.78 is 7.40. The number of hydrogen-bond acceptors (Lipinski definition) is 10.